The molecule has 3 aromatic rings. The zero-order valence-corrected chi connectivity index (χ0v) is 15.2. The standard InChI is InChI=1S/C19H18N4O4/c1-9-4-10(2)23-19(20-9)16-12(7-15(24)21-18(16)22-23)11-5-13(25-3)17-14(6-11)26-8-27-17/h4-6,12H,7-8H2,1-3H3,(H,21,22,24)/t12-/m1/s1. The normalized spacial score (nSPS) is 17.7. The molecule has 8 heteroatoms. The Labute approximate surface area is 155 Å². The lowest BCUT2D eigenvalue weighted by Crippen LogP contribution is -2.23. The summed E-state index contributed by atoms with van der Waals surface area (Å²) < 4.78 is 18.3. The van der Waals surface area contributed by atoms with E-state index in [4.69, 9.17) is 14.2 Å². The van der Waals surface area contributed by atoms with Crippen LogP contribution in [0, 0.1) is 13.8 Å². The molecule has 2 aliphatic heterocycles. The highest BCUT2D eigenvalue weighted by Crippen LogP contribution is 2.47. The molecule has 0 bridgehead atoms. The summed E-state index contributed by atoms with van der Waals surface area (Å²) in [5, 5.41) is 7.45. The van der Waals surface area contributed by atoms with Crippen molar-refractivity contribution in [1.29, 1.82) is 0 Å². The molecule has 1 aromatic carbocycles. The first-order chi connectivity index (χ1) is 13.0. The van der Waals surface area contributed by atoms with E-state index in [1.165, 1.54) is 0 Å². The van der Waals surface area contributed by atoms with E-state index in [9.17, 15) is 4.79 Å². The van der Waals surface area contributed by atoms with Crippen molar-refractivity contribution in [3.05, 3.63) is 40.7 Å². The molecule has 2 aromatic heterocycles. The van der Waals surface area contributed by atoms with Crippen LogP contribution in [0.4, 0.5) is 5.82 Å². The van der Waals surface area contributed by atoms with Gasteiger partial charge < -0.3 is 19.5 Å². The molecule has 1 N–H and O–H groups in total. The molecule has 1 amide bonds. The van der Waals surface area contributed by atoms with Crippen LogP contribution < -0.4 is 19.5 Å². The van der Waals surface area contributed by atoms with Crippen molar-refractivity contribution in [2.75, 3.05) is 19.2 Å². The van der Waals surface area contributed by atoms with Crippen LogP contribution >= 0.6 is 0 Å². The van der Waals surface area contributed by atoms with Crippen molar-refractivity contribution in [2.24, 2.45) is 0 Å². The molecule has 0 spiro atoms. The third kappa shape index (κ3) is 2.33. The van der Waals surface area contributed by atoms with E-state index < -0.39 is 0 Å². The lowest BCUT2D eigenvalue weighted by atomic mass is 9.86. The fraction of sp³-hybridized carbons (Fsp3) is 0.316. The number of aryl methyl sites for hydroxylation is 2. The van der Waals surface area contributed by atoms with Crippen LogP contribution in [0.1, 0.15) is 34.9 Å². The molecule has 5 rings (SSSR count). The van der Waals surface area contributed by atoms with Gasteiger partial charge in [-0.05, 0) is 37.6 Å². The average Bonchev–Trinajstić information content (AvgIpc) is 3.24. The molecule has 4 heterocycles. The Balaban J connectivity index is 1.75. The van der Waals surface area contributed by atoms with Crippen LogP contribution in [0.2, 0.25) is 0 Å². The van der Waals surface area contributed by atoms with Gasteiger partial charge in [0.1, 0.15) is 0 Å². The van der Waals surface area contributed by atoms with Crippen molar-refractivity contribution >= 4 is 17.4 Å². The van der Waals surface area contributed by atoms with Gasteiger partial charge in [0.25, 0.3) is 0 Å². The molecule has 8 nitrogen and oxygen atoms in total. The number of hydrogen-bond donors (Lipinski definition) is 1. The van der Waals surface area contributed by atoms with E-state index in [2.05, 4.69) is 15.4 Å². The average molecular weight is 366 g/mol. The summed E-state index contributed by atoms with van der Waals surface area (Å²) in [6, 6.07) is 5.77. The number of benzene rings is 1. The van der Waals surface area contributed by atoms with Crippen LogP contribution in [-0.4, -0.2) is 34.4 Å². The SMILES string of the molecule is COc1cc([C@H]2CC(=O)Nc3nn4c(C)cc(C)nc4c32)cc2c1OCO2. The minimum atomic E-state index is -0.205. The highest BCUT2D eigenvalue weighted by molar-refractivity contribution is 5.96. The van der Waals surface area contributed by atoms with Crippen LogP contribution in [0.3, 0.4) is 0 Å². The lowest BCUT2D eigenvalue weighted by molar-refractivity contribution is -0.116. The van der Waals surface area contributed by atoms with Gasteiger partial charge in [-0.2, -0.15) is 0 Å². The summed E-state index contributed by atoms with van der Waals surface area (Å²) in [6.45, 7) is 4.08. The topological polar surface area (TPSA) is 87.0 Å². The molecular weight excluding hydrogens is 348 g/mol. The Kier molecular flexibility index (Phi) is 3.30. The number of carbonyl (C=O) groups is 1. The molecule has 0 saturated carbocycles. The van der Waals surface area contributed by atoms with Crippen molar-refractivity contribution < 1.29 is 19.0 Å². The Morgan fingerprint density at radius 2 is 2.11 bits per heavy atom. The van der Waals surface area contributed by atoms with Gasteiger partial charge in [-0.1, -0.05) is 0 Å². The molecule has 138 valence electrons. The summed E-state index contributed by atoms with van der Waals surface area (Å²) in [5.41, 5.74) is 4.43. The number of aromatic nitrogens is 3. The van der Waals surface area contributed by atoms with E-state index in [1.807, 2.05) is 32.0 Å². The molecule has 0 aliphatic carbocycles. The fourth-order valence-electron chi connectivity index (χ4n) is 3.86. The smallest absolute Gasteiger partial charge is 0.231 e. The third-order valence-corrected chi connectivity index (χ3v) is 5.01. The molecule has 27 heavy (non-hydrogen) atoms. The van der Waals surface area contributed by atoms with Crippen molar-refractivity contribution in [3.8, 4) is 17.2 Å². The van der Waals surface area contributed by atoms with Gasteiger partial charge in [-0.25, -0.2) is 9.50 Å². The van der Waals surface area contributed by atoms with Gasteiger partial charge >= 0.3 is 0 Å². The quantitative estimate of drug-likeness (QED) is 0.750. The van der Waals surface area contributed by atoms with Crippen molar-refractivity contribution in [3.63, 3.8) is 0 Å². The summed E-state index contributed by atoms with van der Waals surface area (Å²) >= 11 is 0. The zero-order chi connectivity index (χ0) is 18.7. The number of nitrogens with zero attached hydrogens (tertiary/aromatic N) is 3. The molecule has 1 atom stereocenters. The Hall–Kier alpha value is -3.29. The number of ether oxygens (including phenoxy) is 3. The van der Waals surface area contributed by atoms with Crippen LogP contribution in [0.5, 0.6) is 17.2 Å². The second kappa shape index (κ2) is 5.60. The zero-order valence-electron chi connectivity index (χ0n) is 15.2. The van der Waals surface area contributed by atoms with Gasteiger partial charge in [-0.3, -0.25) is 4.79 Å². The maximum atomic E-state index is 12.4. The van der Waals surface area contributed by atoms with Crippen molar-refractivity contribution in [2.45, 2.75) is 26.2 Å². The number of amides is 1. The Morgan fingerprint density at radius 1 is 1.26 bits per heavy atom. The van der Waals surface area contributed by atoms with Crippen LogP contribution in [0.25, 0.3) is 5.65 Å². The van der Waals surface area contributed by atoms with Gasteiger partial charge in [0.15, 0.2) is 23.0 Å². The second-order valence-electron chi connectivity index (χ2n) is 6.80. The van der Waals surface area contributed by atoms with Gasteiger partial charge in [0.05, 0.1) is 7.11 Å². The number of anilines is 1. The van der Waals surface area contributed by atoms with Crippen molar-refractivity contribution in [1.82, 2.24) is 14.6 Å². The molecule has 0 unspecified atom stereocenters. The lowest BCUT2D eigenvalue weighted by Gasteiger charge is -2.23. The summed E-state index contributed by atoms with van der Waals surface area (Å²) in [4.78, 5) is 17.0. The number of carbonyl (C=O) groups excluding carboxylic acids is 1. The monoisotopic (exact) mass is 366 g/mol. The predicted molar refractivity (Wildman–Crippen MR) is 96.7 cm³/mol. The number of rotatable bonds is 2. The van der Waals surface area contributed by atoms with Crippen LogP contribution in [0.15, 0.2) is 18.2 Å². The van der Waals surface area contributed by atoms with Gasteiger partial charge in [0.2, 0.25) is 18.4 Å². The van der Waals surface area contributed by atoms with E-state index in [-0.39, 0.29) is 18.6 Å². The van der Waals surface area contributed by atoms with E-state index >= 15 is 0 Å². The highest BCUT2D eigenvalue weighted by atomic mass is 16.7. The molecular formula is C19H18N4O4. The summed E-state index contributed by atoms with van der Waals surface area (Å²) in [6.07, 6.45) is 0.297. The number of nitrogens with one attached hydrogen (secondary N) is 1. The summed E-state index contributed by atoms with van der Waals surface area (Å²) in [7, 11) is 1.59. The Bertz CT molecular complexity index is 1110. The van der Waals surface area contributed by atoms with Gasteiger partial charge in [-0.15, -0.1) is 5.10 Å². The van der Waals surface area contributed by atoms with Gasteiger partial charge in [0, 0.05) is 29.3 Å². The second-order valence-corrected chi connectivity index (χ2v) is 6.80. The first kappa shape index (κ1) is 15.9. The molecule has 0 saturated heterocycles. The maximum absolute atomic E-state index is 12.4. The maximum Gasteiger partial charge on any atom is 0.231 e. The number of methoxy groups -OCH3 is 1. The summed E-state index contributed by atoms with van der Waals surface area (Å²) in [5.74, 6) is 2.06. The predicted octanol–water partition coefficient (Wildman–Crippen LogP) is 2.56. The number of hydrogen-bond acceptors (Lipinski definition) is 6. The molecule has 0 fully saturated rings. The number of fused-ring (bicyclic) bond motifs is 4. The Morgan fingerprint density at radius 3 is 2.93 bits per heavy atom. The van der Waals surface area contributed by atoms with E-state index in [0.717, 1.165) is 28.2 Å². The molecule has 0 radical (unpaired) electrons. The van der Waals surface area contributed by atoms with E-state index in [1.54, 1.807) is 11.6 Å². The fourth-order valence-corrected chi connectivity index (χ4v) is 3.86. The van der Waals surface area contributed by atoms with E-state index in [0.29, 0.717) is 29.5 Å². The largest absolute Gasteiger partial charge is 0.493 e. The molecule has 2 aliphatic rings. The highest BCUT2D eigenvalue weighted by Gasteiger charge is 2.34. The minimum Gasteiger partial charge on any atom is -0.493 e. The third-order valence-electron chi connectivity index (χ3n) is 5.01. The minimum absolute atomic E-state index is 0.0816. The first-order valence-electron chi connectivity index (χ1n) is 8.69. The van der Waals surface area contributed by atoms with Crippen LogP contribution in [-0.2, 0) is 4.79 Å². The first-order valence-corrected chi connectivity index (χ1v) is 8.69.